The first-order valence-corrected chi connectivity index (χ1v) is 4.49. The Labute approximate surface area is 70.0 Å². The lowest BCUT2D eigenvalue weighted by Crippen LogP contribution is -2.05. The third kappa shape index (κ3) is 8.29. The molecule has 1 heteroatoms. The van der Waals surface area contributed by atoms with E-state index in [2.05, 4.69) is 27.7 Å². The molecule has 1 atom stereocenters. The summed E-state index contributed by atoms with van der Waals surface area (Å²) in [5.74, 6) is 0. The van der Waals surface area contributed by atoms with Crippen LogP contribution in [0.2, 0.25) is 0 Å². The van der Waals surface area contributed by atoms with E-state index < -0.39 is 0 Å². The van der Waals surface area contributed by atoms with Crippen molar-refractivity contribution in [1.29, 1.82) is 0 Å². The van der Waals surface area contributed by atoms with Gasteiger partial charge in [0.2, 0.25) is 0 Å². The van der Waals surface area contributed by atoms with Gasteiger partial charge in [0.1, 0.15) is 0 Å². The maximum Gasteiger partial charge on any atom is 0.0307 e. The SMILES string of the molecule is CC(Cl)CCCC(C)(C)C. The van der Waals surface area contributed by atoms with E-state index >= 15 is 0 Å². The molecule has 0 spiro atoms. The smallest absolute Gasteiger partial charge is 0.0307 e. The van der Waals surface area contributed by atoms with E-state index in [9.17, 15) is 0 Å². The van der Waals surface area contributed by atoms with E-state index in [1.54, 1.807) is 0 Å². The molecule has 0 nitrogen and oxygen atoms in total. The van der Waals surface area contributed by atoms with E-state index in [1.165, 1.54) is 12.8 Å². The molecule has 0 bridgehead atoms. The van der Waals surface area contributed by atoms with Crippen LogP contribution in [-0.4, -0.2) is 5.38 Å². The van der Waals surface area contributed by atoms with Gasteiger partial charge in [-0.05, 0) is 25.2 Å². The standard InChI is InChI=1S/C9H19Cl/c1-8(10)6-5-7-9(2,3)4/h8H,5-7H2,1-4H3. The molecular formula is C9H19Cl. The van der Waals surface area contributed by atoms with Gasteiger partial charge in [0, 0.05) is 5.38 Å². The monoisotopic (exact) mass is 162 g/mol. The predicted octanol–water partition coefficient (Wildman–Crippen LogP) is 3.83. The lowest BCUT2D eigenvalue weighted by atomic mass is 9.89. The van der Waals surface area contributed by atoms with Gasteiger partial charge < -0.3 is 0 Å². The fourth-order valence-electron chi connectivity index (χ4n) is 0.914. The quantitative estimate of drug-likeness (QED) is 0.554. The number of hydrogen-bond acceptors (Lipinski definition) is 0. The minimum absolute atomic E-state index is 0.349. The van der Waals surface area contributed by atoms with Crippen LogP contribution >= 0.6 is 11.6 Å². The molecule has 0 aromatic rings. The van der Waals surface area contributed by atoms with Crippen LogP contribution in [-0.2, 0) is 0 Å². The molecule has 62 valence electrons. The fraction of sp³-hybridized carbons (Fsp3) is 1.00. The molecule has 0 aromatic heterocycles. The molecule has 0 amide bonds. The van der Waals surface area contributed by atoms with Crippen LogP contribution in [0.25, 0.3) is 0 Å². The number of halogens is 1. The summed E-state index contributed by atoms with van der Waals surface area (Å²) >= 11 is 5.81. The van der Waals surface area contributed by atoms with E-state index in [4.69, 9.17) is 11.6 Å². The van der Waals surface area contributed by atoms with Crippen LogP contribution in [0.15, 0.2) is 0 Å². The molecule has 0 radical (unpaired) electrons. The van der Waals surface area contributed by atoms with E-state index in [1.807, 2.05) is 0 Å². The van der Waals surface area contributed by atoms with E-state index in [0.717, 1.165) is 6.42 Å². The average Bonchev–Trinajstić information content (AvgIpc) is 1.59. The van der Waals surface area contributed by atoms with Gasteiger partial charge in [0.05, 0.1) is 0 Å². The van der Waals surface area contributed by atoms with Crippen molar-refractivity contribution in [1.82, 2.24) is 0 Å². The third-order valence-electron chi connectivity index (χ3n) is 1.53. The van der Waals surface area contributed by atoms with Crippen molar-refractivity contribution in [3.8, 4) is 0 Å². The summed E-state index contributed by atoms with van der Waals surface area (Å²) in [5.41, 5.74) is 0.478. The molecule has 0 heterocycles. The van der Waals surface area contributed by atoms with Gasteiger partial charge in [0.25, 0.3) is 0 Å². The van der Waals surface area contributed by atoms with Crippen LogP contribution < -0.4 is 0 Å². The van der Waals surface area contributed by atoms with Gasteiger partial charge in [-0.15, -0.1) is 11.6 Å². The molecule has 0 rings (SSSR count). The highest BCUT2D eigenvalue weighted by atomic mass is 35.5. The van der Waals surface area contributed by atoms with Crippen LogP contribution in [0.3, 0.4) is 0 Å². The second kappa shape index (κ2) is 4.23. The van der Waals surface area contributed by atoms with Crippen molar-refractivity contribution in [2.75, 3.05) is 0 Å². The van der Waals surface area contributed by atoms with Gasteiger partial charge in [-0.3, -0.25) is 0 Å². The summed E-state index contributed by atoms with van der Waals surface area (Å²) in [7, 11) is 0. The van der Waals surface area contributed by atoms with Gasteiger partial charge >= 0.3 is 0 Å². The van der Waals surface area contributed by atoms with Gasteiger partial charge in [-0.25, -0.2) is 0 Å². The van der Waals surface area contributed by atoms with Crippen LogP contribution in [0, 0.1) is 5.41 Å². The highest BCUT2D eigenvalue weighted by Gasteiger charge is 2.09. The van der Waals surface area contributed by atoms with Crippen LogP contribution in [0.4, 0.5) is 0 Å². The fourth-order valence-corrected chi connectivity index (χ4v) is 1.07. The minimum atomic E-state index is 0.349. The molecule has 0 aromatic carbocycles. The van der Waals surface area contributed by atoms with Crippen molar-refractivity contribution in [2.45, 2.75) is 52.3 Å². The van der Waals surface area contributed by atoms with Gasteiger partial charge in [-0.1, -0.05) is 27.2 Å². The maximum absolute atomic E-state index is 5.81. The van der Waals surface area contributed by atoms with Crippen molar-refractivity contribution in [3.63, 3.8) is 0 Å². The molecule has 0 aliphatic carbocycles. The predicted molar refractivity (Wildman–Crippen MR) is 48.6 cm³/mol. The van der Waals surface area contributed by atoms with Crippen LogP contribution in [0.5, 0.6) is 0 Å². The molecule has 0 aliphatic heterocycles. The van der Waals surface area contributed by atoms with Gasteiger partial charge in [0.15, 0.2) is 0 Å². The minimum Gasteiger partial charge on any atom is -0.123 e. The van der Waals surface area contributed by atoms with E-state index in [-0.39, 0.29) is 0 Å². The summed E-state index contributed by atoms with van der Waals surface area (Å²) in [5, 5.41) is 0.349. The Kier molecular flexibility index (Phi) is 4.35. The molecule has 0 aliphatic rings. The first-order chi connectivity index (χ1) is 4.42. The zero-order valence-electron chi connectivity index (χ0n) is 7.58. The number of hydrogen-bond donors (Lipinski definition) is 0. The molecule has 10 heavy (non-hydrogen) atoms. The van der Waals surface area contributed by atoms with Crippen molar-refractivity contribution < 1.29 is 0 Å². The Hall–Kier alpha value is 0.290. The summed E-state index contributed by atoms with van der Waals surface area (Å²) in [6.07, 6.45) is 3.69. The topological polar surface area (TPSA) is 0 Å². The summed E-state index contributed by atoms with van der Waals surface area (Å²) in [4.78, 5) is 0. The first kappa shape index (κ1) is 10.3. The second-order valence-electron chi connectivity index (χ2n) is 4.23. The van der Waals surface area contributed by atoms with Crippen molar-refractivity contribution in [3.05, 3.63) is 0 Å². The largest absolute Gasteiger partial charge is 0.123 e. The Balaban J connectivity index is 3.21. The average molecular weight is 163 g/mol. The first-order valence-electron chi connectivity index (χ1n) is 4.06. The molecule has 0 saturated carbocycles. The lowest BCUT2D eigenvalue weighted by molar-refractivity contribution is 0.360. The Morgan fingerprint density at radius 3 is 2.10 bits per heavy atom. The van der Waals surface area contributed by atoms with Gasteiger partial charge in [-0.2, -0.15) is 0 Å². The lowest BCUT2D eigenvalue weighted by Gasteiger charge is -2.17. The molecule has 0 fully saturated rings. The Morgan fingerprint density at radius 1 is 1.30 bits per heavy atom. The third-order valence-corrected chi connectivity index (χ3v) is 1.75. The van der Waals surface area contributed by atoms with Crippen molar-refractivity contribution in [2.24, 2.45) is 5.41 Å². The molecule has 0 N–H and O–H groups in total. The summed E-state index contributed by atoms with van der Waals surface area (Å²) < 4.78 is 0. The second-order valence-corrected chi connectivity index (χ2v) is 4.98. The van der Waals surface area contributed by atoms with Crippen molar-refractivity contribution >= 4 is 11.6 Å². The van der Waals surface area contributed by atoms with Crippen LogP contribution in [0.1, 0.15) is 47.0 Å². The normalized spacial score (nSPS) is 15.3. The summed E-state index contributed by atoms with van der Waals surface area (Å²) in [6, 6.07) is 0. The number of rotatable bonds is 3. The summed E-state index contributed by atoms with van der Waals surface area (Å²) in [6.45, 7) is 8.87. The molecular weight excluding hydrogens is 144 g/mol. The Bertz CT molecular complexity index is 79.2. The zero-order chi connectivity index (χ0) is 8.20. The zero-order valence-corrected chi connectivity index (χ0v) is 8.33. The maximum atomic E-state index is 5.81. The molecule has 1 unspecified atom stereocenters. The molecule has 0 saturated heterocycles. The number of alkyl halides is 1. The Morgan fingerprint density at radius 2 is 1.80 bits per heavy atom. The van der Waals surface area contributed by atoms with E-state index in [0.29, 0.717) is 10.8 Å². The highest BCUT2D eigenvalue weighted by Crippen LogP contribution is 2.22. The highest BCUT2D eigenvalue weighted by molar-refractivity contribution is 6.20.